The molecule has 0 aliphatic rings. The zero-order valence-electron chi connectivity index (χ0n) is 5.59. The van der Waals surface area contributed by atoms with Crippen LogP contribution in [0, 0.1) is 0 Å². The first-order valence-electron chi connectivity index (χ1n) is 3.00. The maximum Gasteiger partial charge on any atom is 0.116 e. The molecule has 0 aliphatic carbocycles. The predicted molar refractivity (Wildman–Crippen MR) is 50.9 cm³/mol. The van der Waals surface area contributed by atoms with E-state index in [2.05, 4.69) is 15.9 Å². The van der Waals surface area contributed by atoms with Crippen molar-refractivity contribution in [1.29, 1.82) is 0 Å². The molecule has 1 aromatic rings. The highest BCUT2D eigenvalue weighted by molar-refractivity contribution is 9.12. The smallest absolute Gasteiger partial charge is 0.116 e. The van der Waals surface area contributed by atoms with Gasteiger partial charge in [0.05, 0.1) is 3.94 Å². The van der Waals surface area contributed by atoms with E-state index in [9.17, 15) is 0 Å². The lowest BCUT2D eigenvalue weighted by Crippen LogP contribution is -1.69. The Morgan fingerprint density at radius 1 is 1.55 bits per heavy atom. The molecule has 0 aromatic heterocycles. The summed E-state index contributed by atoms with van der Waals surface area (Å²) in [5.41, 5.74) is 0.867. The van der Waals surface area contributed by atoms with Crippen LogP contribution in [0.2, 0.25) is 0 Å². The second-order valence-electron chi connectivity index (χ2n) is 2.03. The van der Waals surface area contributed by atoms with Gasteiger partial charge in [0, 0.05) is 0 Å². The van der Waals surface area contributed by atoms with E-state index in [0.717, 1.165) is 5.56 Å². The number of aromatic hydroxyl groups is 1. The summed E-state index contributed by atoms with van der Waals surface area (Å²) < 4.78 is 0.517. The van der Waals surface area contributed by atoms with E-state index < -0.39 is 0 Å². The first-order chi connectivity index (χ1) is 5.18. The van der Waals surface area contributed by atoms with Crippen molar-refractivity contribution in [2.75, 3.05) is 0 Å². The lowest BCUT2D eigenvalue weighted by molar-refractivity contribution is 0.475. The minimum Gasteiger partial charge on any atom is -0.508 e. The third-order valence-corrected chi connectivity index (χ3v) is 1.48. The Labute approximate surface area is 78.4 Å². The summed E-state index contributed by atoms with van der Waals surface area (Å²) >= 11 is 8.64. The Morgan fingerprint density at radius 3 is 2.82 bits per heavy atom. The van der Waals surface area contributed by atoms with Crippen LogP contribution in [-0.4, -0.2) is 5.11 Å². The monoisotopic (exact) mass is 232 g/mol. The summed E-state index contributed by atoms with van der Waals surface area (Å²) in [6.45, 7) is 0. The summed E-state index contributed by atoms with van der Waals surface area (Å²) in [6, 6.07) is 6.85. The van der Waals surface area contributed by atoms with E-state index in [-0.39, 0.29) is 5.75 Å². The van der Waals surface area contributed by atoms with E-state index in [0.29, 0.717) is 3.94 Å². The van der Waals surface area contributed by atoms with Crippen LogP contribution >= 0.6 is 27.5 Å². The predicted octanol–water partition coefficient (Wildman–Crippen LogP) is 3.32. The van der Waals surface area contributed by atoms with E-state index in [4.69, 9.17) is 16.7 Å². The summed E-state index contributed by atoms with van der Waals surface area (Å²) in [6.07, 6.45) is 1.71. The number of rotatable bonds is 1. The Bertz CT molecular complexity index is 279. The molecule has 0 unspecified atom stereocenters. The lowest BCUT2D eigenvalue weighted by Gasteiger charge is -1.93. The summed E-state index contributed by atoms with van der Waals surface area (Å²) in [4.78, 5) is 0. The van der Waals surface area contributed by atoms with Crippen molar-refractivity contribution in [3.8, 4) is 5.75 Å². The van der Waals surface area contributed by atoms with E-state index in [1.54, 1.807) is 24.3 Å². The maximum absolute atomic E-state index is 9.04. The molecule has 0 aliphatic heterocycles. The highest BCUT2D eigenvalue weighted by atomic mass is 79.9. The number of hydrogen-bond donors (Lipinski definition) is 1. The fraction of sp³-hybridized carbons (Fsp3) is 0. The van der Waals surface area contributed by atoms with Crippen molar-refractivity contribution >= 4 is 33.6 Å². The van der Waals surface area contributed by atoms with Gasteiger partial charge in [0.1, 0.15) is 5.75 Å². The maximum atomic E-state index is 9.04. The van der Waals surface area contributed by atoms with Crippen molar-refractivity contribution in [1.82, 2.24) is 0 Å². The topological polar surface area (TPSA) is 20.2 Å². The normalized spacial score (nSPS) is 11.6. The molecule has 1 aromatic carbocycles. The van der Waals surface area contributed by atoms with Crippen molar-refractivity contribution in [3.05, 3.63) is 33.8 Å². The van der Waals surface area contributed by atoms with Gasteiger partial charge in [-0.15, -0.1) is 0 Å². The molecule has 0 atom stereocenters. The van der Waals surface area contributed by atoms with Gasteiger partial charge in [-0.25, -0.2) is 0 Å². The van der Waals surface area contributed by atoms with Gasteiger partial charge in [0.15, 0.2) is 0 Å². The number of benzene rings is 1. The molecule has 3 heteroatoms. The van der Waals surface area contributed by atoms with Gasteiger partial charge in [0.25, 0.3) is 0 Å². The fourth-order valence-electron chi connectivity index (χ4n) is 0.741. The molecule has 58 valence electrons. The zero-order valence-corrected chi connectivity index (χ0v) is 7.93. The summed E-state index contributed by atoms with van der Waals surface area (Å²) in [7, 11) is 0. The van der Waals surface area contributed by atoms with Crippen molar-refractivity contribution in [3.63, 3.8) is 0 Å². The molecule has 0 heterocycles. The van der Waals surface area contributed by atoms with Crippen LogP contribution in [0.3, 0.4) is 0 Å². The third-order valence-electron chi connectivity index (χ3n) is 1.15. The van der Waals surface area contributed by atoms with Crippen LogP contribution in [0.25, 0.3) is 6.08 Å². The Balaban J connectivity index is 2.97. The molecular formula is C8H6BrClO. The number of hydrogen-bond acceptors (Lipinski definition) is 1. The van der Waals surface area contributed by atoms with Crippen LogP contribution in [-0.2, 0) is 0 Å². The lowest BCUT2D eigenvalue weighted by atomic mass is 10.2. The van der Waals surface area contributed by atoms with Gasteiger partial charge in [0.2, 0.25) is 0 Å². The molecule has 0 radical (unpaired) electrons. The van der Waals surface area contributed by atoms with Crippen LogP contribution in [0.1, 0.15) is 5.56 Å². The SMILES string of the molecule is Oc1cccc(C=C(Cl)Br)c1. The first-order valence-corrected chi connectivity index (χ1v) is 4.17. The Morgan fingerprint density at radius 2 is 2.27 bits per heavy atom. The van der Waals surface area contributed by atoms with Gasteiger partial charge in [-0.1, -0.05) is 23.7 Å². The third kappa shape index (κ3) is 2.95. The molecule has 0 saturated heterocycles. The number of halogens is 2. The highest BCUT2D eigenvalue weighted by Crippen LogP contribution is 2.18. The molecule has 0 bridgehead atoms. The Kier molecular flexibility index (Phi) is 2.97. The molecule has 1 nitrogen and oxygen atoms in total. The van der Waals surface area contributed by atoms with E-state index >= 15 is 0 Å². The van der Waals surface area contributed by atoms with Gasteiger partial charge in [-0.3, -0.25) is 0 Å². The number of phenols is 1. The molecule has 11 heavy (non-hydrogen) atoms. The second kappa shape index (κ2) is 3.79. The average molecular weight is 233 g/mol. The fourth-order valence-corrected chi connectivity index (χ4v) is 1.13. The molecule has 0 spiro atoms. The van der Waals surface area contributed by atoms with E-state index in [1.807, 2.05) is 6.07 Å². The summed E-state index contributed by atoms with van der Waals surface area (Å²) in [5, 5.41) is 9.04. The van der Waals surface area contributed by atoms with Gasteiger partial charge < -0.3 is 5.11 Å². The van der Waals surface area contributed by atoms with Gasteiger partial charge in [-0.2, -0.15) is 0 Å². The first kappa shape index (κ1) is 8.62. The standard InChI is InChI=1S/C8H6BrClO/c9-8(10)5-6-2-1-3-7(11)4-6/h1-5,11H. The largest absolute Gasteiger partial charge is 0.508 e. The molecular weight excluding hydrogens is 227 g/mol. The quantitative estimate of drug-likeness (QED) is 0.789. The Hall–Kier alpha value is -0.470. The van der Waals surface area contributed by atoms with Crippen molar-refractivity contribution in [2.24, 2.45) is 0 Å². The molecule has 1 rings (SSSR count). The zero-order chi connectivity index (χ0) is 8.27. The highest BCUT2D eigenvalue weighted by Gasteiger charge is 1.90. The summed E-state index contributed by atoms with van der Waals surface area (Å²) in [5.74, 6) is 0.240. The van der Waals surface area contributed by atoms with E-state index in [1.165, 1.54) is 0 Å². The second-order valence-corrected chi connectivity index (χ2v) is 3.75. The van der Waals surface area contributed by atoms with Crippen LogP contribution in [0.4, 0.5) is 0 Å². The van der Waals surface area contributed by atoms with Gasteiger partial charge in [-0.05, 0) is 39.7 Å². The average Bonchev–Trinajstić information content (AvgIpc) is 1.85. The molecule has 0 amide bonds. The minimum atomic E-state index is 0.240. The van der Waals surface area contributed by atoms with Gasteiger partial charge >= 0.3 is 0 Å². The molecule has 0 saturated carbocycles. The minimum absolute atomic E-state index is 0.240. The number of phenolic OH excluding ortho intramolecular Hbond substituents is 1. The van der Waals surface area contributed by atoms with Crippen LogP contribution in [0.15, 0.2) is 28.2 Å². The van der Waals surface area contributed by atoms with Crippen LogP contribution < -0.4 is 0 Å². The van der Waals surface area contributed by atoms with Crippen LogP contribution in [0.5, 0.6) is 5.75 Å². The molecule has 1 N–H and O–H groups in total. The van der Waals surface area contributed by atoms with Crippen molar-refractivity contribution in [2.45, 2.75) is 0 Å². The van der Waals surface area contributed by atoms with Crippen molar-refractivity contribution < 1.29 is 5.11 Å². The molecule has 0 fully saturated rings.